The third-order valence-electron chi connectivity index (χ3n) is 4.64. The quantitative estimate of drug-likeness (QED) is 0.742. The molecule has 3 N–H and O–H groups in total. The first kappa shape index (κ1) is 14.9. The number of nitrogens with one attached hydrogen (secondary N) is 1. The molecule has 0 bridgehead atoms. The molecule has 1 fully saturated rings. The zero-order chi connectivity index (χ0) is 16.8. The van der Waals surface area contributed by atoms with Crippen LogP contribution < -0.4 is 21.7 Å². The number of hydrazine groups is 1. The first-order valence-corrected chi connectivity index (χ1v) is 7.92. The molecule has 4 rings (SSSR count). The molecule has 6 heteroatoms. The summed E-state index contributed by atoms with van der Waals surface area (Å²) in [4.78, 5) is 12.0. The summed E-state index contributed by atoms with van der Waals surface area (Å²) in [6, 6.07) is 0.437. The number of rotatable bonds is 3. The van der Waals surface area contributed by atoms with Crippen molar-refractivity contribution in [1.82, 2.24) is 20.2 Å². The zero-order valence-electron chi connectivity index (χ0n) is 13.5. The predicted molar refractivity (Wildman–Crippen MR) is 93.4 cm³/mol. The van der Waals surface area contributed by atoms with Crippen LogP contribution in [-0.2, 0) is 6.54 Å². The Hall–Kier alpha value is -2.70. The van der Waals surface area contributed by atoms with E-state index in [1.54, 1.807) is 0 Å². The molecule has 0 aromatic carbocycles. The largest absolute Gasteiger partial charge is 0.325 e. The molecule has 0 saturated carbocycles. The van der Waals surface area contributed by atoms with Gasteiger partial charge in [0, 0.05) is 35.3 Å². The van der Waals surface area contributed by atoms with E-state index in [-0.39, 0.29) is 12.1 Å². The van der Waals surface area contributed by atoms with Crippen LogP contribution in [0.15, 0.2) is 52.1 Å². The summed E-state index contributed by atoms with van der Waals surface area (Å²) in [6.07, 6.45) is 12.1. The molecule has 1 saturated heterocycles. The highest BCUT2D eigenvalue weighted by Crippen LogP contribution is 2.44. The van der Waals surface area contributed by atoms with Crippen molar-refractivity contribution in [1.29, 1.82) is 0 Å². The molecular formula is C18H19N5O. The molecule has 2 unspecified atom stereocenters. The zero-order valence-corrected chi connectivity index (χ0v) is 13.5. The molecule has 6 nitrogen and oxygen atoms in total. The average molecular weight is 321 g/mol. The van der Waals surface area contributed by atoms with E-state index in [0.29, 0.717) is 22.2 Å². The topological polar surface area (TPSA) is 78.0 Å². The monoisotopic (exact) mass is 321 g/mol. The number of aromatic amines is 1. The van der Waals surface area contributed by atoms with Crippen LogP contribution in [0.1, 0.15) is 12.6 Å². The summed E-state index contributed by atoms with van der Waals surface area (Å²) in [5.74, 6) is 0. The van der Waals surface area contributed by atoms with Gasteiger partial charge in [-0.3, -0.25) is 9.80 Å². The second-order valence-corrected chi connectivity index (χ2v) is 6.09. The fourth-order valence-electron chi connectivity index (χ4n) is 3.30. The van der Waals surface area contributed by atoms with Crippen LogP contribution in [0, 0.1) is 0 Å². The van der Waals surface area contributed by atoms with Gasteiger partial charge < -0.3 is 5.73 Å². The molecule has 3 aliphatic rings. The molecule has 0 spiro atoms. The van der Waals surface area contributed by atoms with Gasteiger partial charge >= 0.3 is 0 Å². The van der Waals surface area contributed by atoms with Crippen LogP contribution in [0.25, 0.3) is 12.7 Å². The van der Waals surface area contributed by atoms with E-state index in [2.05, 4.69) is 46.0 Å². The van der Waals surface area contributed by atoms with Crippen LogP contribution in [0.4, 0.5) is 0 Å². The second kappa shape index (κ2) is 5.43. The van der Waals surface area contributed by atoms with E-state index in [1.165, 1.54) is 11.3 Å². The van der Waals surface area contributed by atoms with E-state index in [1.807, 2.05) is 24.3 Å². The van der Waals surface area contributed by atoms with Gasteiger partial charge in [-0.1, -0.05) is 18.7 Å². The van der Waals surface area contributed by atoms with Gasteiger partial charge in [0.1, 0.15) is 0 Å². The molecule has 3 aliphatic heterocycles. The fraction of sp³-hybridized carbons (Fsp3) is 0.222. The van der Waals surface area contributed by atoms with Crippen molar-refractivity contribution < 1.29 is 0 Å². The van der Waals surface area contributed by atoms with Crippen LogP contribution in [0.3, 0.4) is 0 Å². The minimum atomic E-state index is -0.250. The Labute approximate surface area is 139 Å². The van der Waals surface area contributed by atoms with Crippen molar-refractivity contribution in [3.63, 3.8) is 0 Å². The van der Waals surface area contributed by atoms with Gasteiger partial charge in [0.25, 0.3) is 5.56 Å². The Bertz CT molecular complexity index is 995. The van der Waals surface area contributed by atoms with Crippen molar-refractivity contribution in [3.8, 4) is 0 Å². The third kappa shape index (κ3) is 2.19. The summed E-state index contributed by atoms with van der Waals surface area (Å²) in [6.45, 7) is 7.31. The highest BCUT2D eigenvalue weighted by molar-refractivity contribution is 5.55. The van der Waals surface area contributed by atoms with Crippen molar-refractivity contribution in [2.75, 3.05) is 6.54 Å². The third-order valence-corrected chi connectivity index (χ3v) is 4.64. The Balaban J connectivity index is 1.78. The SMILES string of the molecule is C=c1c(CN)n[nH]c(=O)/c1=C/C=C(\C)C1=C2C=CC=CN2N2CC12. The lowest BCUT2D eigenvalue weighted by molar-refractivity contribution is 0.224. The van der Waals surface area contributed by atoms with Crippen molar-refractivity contribution in [3.05, 3.63) is 73.8 Å². The molecular weight excluding hydrogens is 302 g/mol. The maximum absolute atomic E-state index is 12.0. The standard InChI is InChI=1S/C18H19N5O/c1-11(6-7-13-12(2)14(9-19)20-21-18(13)24)17-15-5-3-4-8-22(15)23-10-16(17)23/h3-8,16H,2,9-10,19H2,1H3,(H,21,24)/b11-6+,13-7+. The smallest absolute Gasteiger partial charge is 0.272 e. The van der Waals surface area contributed by atoms with Gasteiger partial charge in [-0.15, -0.1) is 0 Å². The molecule has 2 atom stereocenters. The number of hydrogen-bond donors (Lipinski definition) is 2. The maximum atomic E-state index is 12.0. The fourth-order valence-corrected chi connectivity index (χ4v) is 3.30. The number of nitrogens with zero attached hydrogens (tertiary/aromatic N) is 3. The number of aromatic nitrogens is 2. The highest BCUT2D eigenvalue weighted by Gasteiger charge is 2.49. The van der Waals surface area contributed by atoms with Gasteiger partial charge in [-0.2, -0.15) is 5.10 Å². The molecule has 1 aromatic heterocycles. The molecule has 0 radical (unpaired) electrons. The van der Waals surface area contributed by atoms with Crippen LogP contribution >= 0.6 is 0 Å². The van der Waals surface area contributed by atoms with Crippen molar-refractivity contribution >= 4 is 12.7 Å². The summed E-state index contributed by atoms with van der Waals surface area (Å²) >= 11 is 0. The lowest BCUT2D eigenvalue weighted by atomic mass is 10.0. The molecule has 0 aliphatic carbocycles. The molecule has 1 aromatic rings. The Morgan fingerprint density at radius 2 is 2.38 bits per heavy atom. The molecule has 0 amide bonds. The van der Waals surface area contributed by atoms with E-state index < -0.39 is 0 Å². The molecule has 122 valence electrons. The number of hydrogen-bond acceptors (Lipinski definition) is 5. The van der Waals surface area contributed by atoms with Crippen LogP contribution in [-0.4, -0.2) is 32.8 Å². The van der Waals surface area contributed by atoms with E-state index in [4.69, 9.17) is 5.73 Å². The summed E-state index contributed by atoms with van der Waals surface area (Å²) in [5.41, 5.74) is 9.65. The number of H-pyrrole nitrogens is 1. The van der Waals surface area contributed by atoms with Gasteiger partial charge in [0.2, 0.25) is 0 Å². The first-order chi connectivity index (χ1) is 11.6. The Morgan fingerprint density at radius 1 is 1.54 bits per heavy atom. The number of nitrogens with two attached hydrogens (primary N) is 1. The normalized spacial score (nSPS) is 25.3. The van der Waals surface area contributed by atoms with Crippen molar-refractivity contribution in [2.45, 2.75) is 19.5 Å². The first-order valence-electron chi connectivity index (χ1n) is 7.92. The lowest BCUT2D eigenvalue weighted by Gasteiger charge is -2.21. The second-order valence-electron chi connectivity index (χ2n) is 6.09. The van der Waals surface area contributed by atoms with E-state index in [0.717, 1.165) is 12.1 Å². The average Bonchev–Trinajstić information content (AvgIpc) is 3.29. The summed E-state index contributed by atoms with van der Waals surface area (Å²) in [7, 11) is 0. The van der Waals surface area contributed by atoms with Gasteiger partial charge in [0.15, 0.2) is 0 Å². The van der Waals surface area contributed by atoms with Crippen LogP contribution in [0.5, 0.6) is 0 Å². The molecule has 4 heterocycles. The minimum Gasteiger partial charge on any atom is -0.325 e. The Kier molecular flexibility index (Phi) is 3.37. The van der Waals surface area contributed by atoms with Crippen LogP contribution in [0.2, 0.25) is 0 Å². The predicted octanol–water partition coefficient (Wildman–Crippen LogP) is -0.382. The summed E-state index contributed by atoms with van der Waals surface area (Å²) < 4.78 is 0. The lowest BCUT2D eigenvalue weighted by Crippen LogP contribution is -2.43. The van der Waals surface area contributed by atoms with Gasteiger partial charge in [-0.25, -0.2) is 10.1 Å². The maximum Gasteiger partial charge on any atom is 0.272 e. The van der Waals surface area contributed by atoms with Crippen molar-refractivity contribution in [2.24, 2.45) is 5.73 Å². The minimum absolute atomic E-state index is 0.248. The molecule has 24 heavy (non-hydrogen) atoms. The number of allylic oxidation sites excluding steroid dienone is 4. The highest BCUT2D eigenvalue weighted by atomic mass is 16.1. The van der Waals surface area contributed by atoms with E-state index >= 15 is 0 Å². The number of fused-ring (bicyclic) bond motifs is 3. The van der Waals surface area contributed by atoms with Gasteiger partial charge in [-0.05, 0) is 30.7 Å². The Morgan fingerprint density at radius 3 is 3.17 bits per heavy atom. The summed E-state index contributed by atoms with van der Waals surface area (Å²) in [5, 5.41) is 12.0. The van der Waals surface area contributed by atoms with Gasteiger partial charge in [0.05, 0.1) is 17.4 Å². The van der Waals surface area contributed by atoms with E-state index in [9.17, 15) is 4.79 Å².